The first-order valence-corrected chi connectivity index (χ1v) is 11.7. The number of nitrogens with two attached hydrogens (primary N) is 1. The minimum absolute atomic E-state index is 0.0480. The van der Waals surface area contributed by atoms with Crippen LogP contribution in [-0.2, 0) is 25.6 Å². The summed E-state index contributed by atoms with van der Waals surface area (Å²) in [5.74, 6) is -0.997. The Kier molecular flexibility index (Phi) is 5.76. The van der Waals surface area contributed by atoms with Gasteiger partial charge in [0.15, 0.2) is 0 Å². The van der Waals surface area contributed by atoms with E-state index < -0.39 is 23.0 Å². The van der Waals surface area contributed by atoms with Crippen molar-refractivity contribution in [3.8, 4) is 0 Å². The Hall–Kier alpha value is -2.13. The van der Waals surface area contributed by atoms with E-state index in [0.29, 0.717) is 31.1 Å². The molecule has 4 aliphatic rings. The van der Waals surface area contributed by atoms with Crippen LogP contribution in [0.5, 0.6) is 0 Å². The lowest BCUT2D eigenvalue weighted by Gasteiger charge is -2.58. The maximum Gasteiger partial charge on any atom is 0.348 e. The largest absolute Gasteiger partial charge is 0.462 e. The Morgan fingerprint density at radius 3 is 2.23 bits per heavy atom. The summed E-state index contributed by atoms with van der Waals surface area (Å²) in [6.07, 6.45) is 4.39. The Balaban J connectivity index is 1.58. The van der Waals surface area contributed by atoms with Crippen LogP contribution in [0.25, 0.3) is 0 Å². The normalized spacial score (nSPS) is 30.8. The van der Waals surface area contributed by atoms with E-state index in [0.717, 1.165) is 30.6 Å². The first-order valence-electron chi connectivity index (χ1n) is 10.8. The zero-order valence-electron chi connectivity index (χ0n) is 17.9. The predicted octanol–water partition coefficient (Wildman–Crippen LogP) is 3.06. The number of aliphatic hydroxyl groups is 1. The van der Waals surface area contributed by atoms with Crippen LogP contribution in [0.4, 0.5) is 5.00 Å². The van der Waals surface area contributed by atoms with Crippen molar-refractivity contribution in [2.75, 3.05) is 18.9 Å². The summed E-state index contributed by atoms with van der Waals surface area (Å²) in [5, 5.41) is 11.0. The van der Waals surface area contributed by atoms with Crippen molar-refractivity contribution < 1.29 is 33.7 Å². The molecule has 31 heavy (non-hydrogen) atoms. The average Bonchev–Trinajstić information content (AvgIpc) is 3.01. The Labute approximate surface area is 185 Å². The fraction of sp³-hybridized carbons (Fsp3) is 0.682. The Morgan fingerprint density at radius 2 is 1.65 bits per heavy atom. The van der Waals surface area contributed by atoms with Crippen molar-refractivity contribution in [3.05, 3.63) is 16.0 Å². The van der Waals surface area contributed by atoms with Crippen molar-refractivity contribution in [1.82, 2.24) is 0 Å². The van der Waals surface area contributed by atoms with Crippen molar-refractivity contribution in [2.45, 2.75) is 64.6 Å². The molecule has 4 bridgehead atoms. The topological polar surface area (TPSA) is 125 Å². The summed E-state index contributed by atoms with van der Waals surface area (Å²) in [7, 11) is 0. The molecule has 1 aromatic heterocycles. The zero-order chi connectivity index (χ0) is 22.4. The number of carbonyl (C=O) groups is 3. The van der Waals surface area contributed by atoms with Crippen molar-refractivity contribution in [3.63, 3.8) is 0 Å². The summed E-state index contributed by atoms with van der Waals surface area (Å²) < 4.78 is 15.9. The highest BCUT2D eigenvalue weighted by molar-refractivity contribution is 7.18. The summed E-state index contributed by atoms with van der Waals surface area (Å²) >= 11 is 0.925. The van der Waals surface area contributed by atoms with Crippen molar-refractivity contribution >= 4 is 34.2 Å². The molecule has 170 valence electrons. The second-order valence-corrected chi connectivity index (χ2v) is 10.2. The standard InChI is InChI=1S/C22H29NO7S/c1-3-28-18(24)15-14(16(31-17(15)23)19(25)29-4-2)10-30-20(26)21-6-12-5-13(7-21)9-22(27,8-12)11-21/h12-13,27H,3-11,23H2,1-2H3. The SMILES string of the molecule is CCOC(=O)c1sc(N)c(C(=O)OCC)c1COC(=O)C12CC3CC(CC(O)(C3)C1)C2. The molecular formula is C22H29NO7S. The first-order chi connectivity index (χ1) is 14.7. The first kappa shape index (κ1) is 22.1. The van der Waals surface area contributed by atoms with E-state index in [1.54, 1.807) is 13.8 Å². The molecule has 4 aliphatic carbocycles. The highest BCUT2D eigenvalue weighted by Gasteiger charge is 2.61. The number of anilines is 1. The molecule has 3 N–H and O–H groups in total. The van der Waals surface area contributed by atoms with Crippen LogP contribution in [0, 0.1) is 17.3 Å². The second kappa shape index (κ2) is 8.09. The molecule has 5 rings (SSSR count). The number of nitrogen functional groups attached to an aromatic ring is 1. The quantitative estimate of drug-likeness (QED) is 0.479. The molecule has 8 nitrogen and oxygen atoms in total. The van der Waals surface area contributed by atoms with Crippen LogP contribution in [0.3, 0.4) is 0 Å². The molecule has 0 radical (unpaired) electrons. The third kappa shape index (κ3) is 3.93. The molecule has 4 saturated carbocycles. The van der Waals surface area contributed by atoms with E-state index in [1.165, 1.54) is 0 Å². The number of ether oxygens (including phenoxy) is 3. The van der Waals surface area contributed by atoms with Gasteiger partial charge >= 0.3 is 17.9 Å². The molecule has 2 unspecified atom stereocenters. The maximum atomic E-state index is 13.2. The van der Waals surface area contributed by atoms with Gasteiger partial charge in [-0.1, -0.05) is 0 Å². The van der Waals surface area contributed by atoms with E-state index in [1.807, 2.05) is 0 Å². The molecule has 2 atom stereocenters. The van der Waals surface area contributed by atoms with Crippen LogP contribution >= 0.6 is 11.3 Å². The van der Waals surface area contributed by atoms with Gasteiger partial charge in [0.2, 0.25) is 0 Å². The van der Waals surface area contributed by atoms with Gasteiger partial charge in [0.25, 0.3) is 0 Å². The lowest BCUT2D eigenvalue weighted by molar-refractivity contribution is -0.197. The van der Waals surface area contributed by atoms with Gasteiger partial charge in [-0.3, -0.25) is 4.79 Å². The van der Waals surface area contributed by atoms with E-state index in [2.05, 4.69) is 0 Å². The molecule has 0 saturated heterocycles. The summed E-state index contributed by atoms with van der Waals surface area (Å²) in [5.41, 5.74) is 4.79. The fourth-order valence-corrected chi connectivity index (χ4v) is 7.11. The molecule has 0 aromatic carbocycles. The minimum atomic E-state index is -0.790. The smallest absolute Gasteiger partial charge is 0.348 e. The summed E-state index contributed by atoms with van der Waals surface area (Å²) in [6, 6.07) is 0. The van der Waals surface area contributed by atoms with Crippen LogP contribution in [0.15, 0.2) is 0 Å². The number of esters is 3. The number of thiophene rings is 1. The second-order valence-electron chi connectivity index (χ2n) is 9.13. The van der Waals surface area contributed by atoms with Crippen LogP contribution in [-0.4, -0.2) is 41.8 Å². The van der Waals surface area contributed by atoms with Crippen molar-refractivity contribution in [2.24, 2.45) is 17.3 Å². The number of carbonyl (C=O) groups excluding carboxylic acids is 3. The molecular weight excluding hydrogens is 422 g/mol. The van der Waals surface area contributed by atoms with Gasteiger partial charge in [0.1, 0.15) is 22.0 Å². The molecule has 0 aliphatic heterocycles. The van der Waals surface area contributed by atoms with Crippen LogP contribution < -0.4 is 5.73 Å². The fourth-order valence-electron chi connectivity index (χ4n) is 6.15. The van der Waals surface area contributed by atoms with E-state index in [9.17, 15) is 19.5 Å². The zero-order valence-corrected chi connectivity index (χ0v) is 18.7. The molecule has 0 amide bonds. The van der Waals surface area contributed by atoms with E-state index in [-0.39, 0.29) is 46.8 Å². The monoisotopic (exact) mass is 451 g/mol. The Morgan fingerprint density at radius 1 is 1.03 bits per heavy atom. The molecule has 1 heterocycles. The van der Waals surface area contributed by atoms with Gasteiger partial charge in [-0.15, -0.1) is 11.3 Å². The van der Waals surface area contributed by atoms with Gasteiger partial charge in [-0.05, 0) is 64.2 Å². The Bertz CT molecular complexity index is 894. The average molecular weight is 452 g/mol. The number of hydrogen-bond acceptors (Lipinski definition) is 9. The van der Waals surface area contributed by atoms with E-state index in [4.69, 9.17) is 19.9 Å². The highest BCUT2D eigenvalue weighted by atomic mass is 32.1. The molecule has 0 spiro atoms. The summed E-state index contributed by atoms with van der Waals surface area (Å²) in [6.45, 7) is 3.38. The van der Waals surface area contributed by atoms with Gasteiger partial charge in [0.05, 0.1) is 24.2 Å². The summed E-state index contributed by atoms with van der Waals surface area (Å²) in [4.78, 5) is 38.3. The minimum Gasteiger partial charge on any atom is -0.462 e. The molecule has 1 aromatic rings. The van der Waals surface area contributed by atoms with Crippen molar-refractivity contribution in [1.29, 1.82) is 0 Å². The third-order valence-electron chi connectivity index (χ3n) is 6.79. The van der Waals surface area contributed by atoms with Gasteiger partial charge in [-0.2, -0.15) is 0 Å². The highest BCUT2D eigenvalue weighted by Crippen LogP contribution is 2.62. The van der Waals surface area contributed by atoms with Gasteiger partial charge in [0, 0.05) is 5.56 Å². The predicted molar refractivity (Wildman–Crippen MR) is 113 cm³/mol. The lowest BCUT2D eigenvalue weighted by Crippen LogP contribution is -2.58. The molecule has 9 heteroatoms. The number of rotatable bonds is 7. The number of hydrogen-bond donors (Lipinski definition) is 2. The van der Waals surface area contributed by atoms with E-state index >= 15 is 0 Å². The van der Waals surface area contributed by atoms with Crippen LogP contribution in [0.2, 0.25) is 0 Å². The van der Waals surface area contributed by atoms with Crippen LogP contribution in [0.1, 0.15) is 78.0 Å². The lowest BCUT2D eigenvalue weighted by atomic mass is 9.48. The third-order valence-corrected chi connectivity index (χ3v) is 7.83. The molecule has 4 fully saturated rings. The van der Waals surface area contributed by atoms with Gasteiger partial charge in [-0.25, -0.2) is 9.59 Å². The van der Waals surface area contributed by atoms with Gasteiger partial charge < -0.3 is 25.1 Å². The maximum absolute atomic E-state index is 13.2.